The lowest BCUT2D eigenvalue weighted by Crippen LogP contribution is -2.15. The van der Waals surface area contributed by atoms with Gasteiger partial charge in [-0.2, -0.15) is 4.98 Å². The van der Waals surface area contributed by atoms with Crippen molar-refractivity contribution in [3.05, 3.63) is 11.7 Å². The van der Waals surface area contributed by atoms with Crippen LogP contribution in [0.15, 0.2) is 4.52 Å². The number of carbonyl (C=O) groups is 1. The lowest BCUT2D eigenvalue weighted by molar-refractivity contribution is -0.116. The highest BCUT2D eigenvalue weighted by Gasteiger charge is 2.22. The number of Topliss-reactive ketones (excluding diaryl/α,β-unsaturated/α-hetero) is 1. The largest absolute Gasteiger partial charge is 0.339 e. The smallest absolute Gasteiger partial charge is 0.226 e. The topological polar surface area (TPSA) is 59.2 Å². The molecule has 5 nitrogen and oxygen atoms in total. The van der Waals surface area contributed by atoms with Crippen LogP contribution in [0.4, 0.5) is 0 Å². The third-order valence-corrected chi connectivity index (χ3v) is 2.87. The average molecular weight is 223 g/mol. The Labute approximate surface area is 94.8 Å². The monoisotopic (exact) mass is 223 g/mol. The van der Waals surface area contributed by atoms with E-state index < -0.39 is 0 Å². The molecular weight excluding hydrogens is 206 g/mol. The highest BCUT2D eigenvalue weighted by Crippen LogP contribution is 2.18. The molecule has 88 valence electrons. The van der Waals surface area contributed by atoms with Gasteiger partial charge in [-0.15, -0.1) is 0 Å². The predicted octanol–water partition coefficient (Wildman–Crippen LogP) is 0.695. The molecule has 1 unspecified atom stereocenters. The lowest BCUT2D eigenvalue weighted by atomic mass is 10.1. The summed E-state index contributed by atoms with van der Waals surface area (Å²) in [5.74, 6) is 1.84. The molecule has 1 atom stereocenters. The van der Waals surface area contributed by atoms with E-state index in [9.17, 15) is 4.79 Å². The standard InChI is InChI=1S/C11H17N3O2/c1-8(15)5-10-12-11(16-13-10)6-9-3-4-14(2)7-9/h9H,3-7H2,1-2H3. The van der Waals surface area contributed by atoms with Crippen LogP contribution in [0, 0.1) is 5.92 Å². The first-order chi connectivity index (χ1) is 7.63. The molecule has 1 aromatic rings. The van der Waals surface area contributed by atoms with Gasteiger partial charge in [-0.25, -0.2) is 0 Å². The maximum Gasteiger partial charge on any atom is 0.226 e. The van der Waals surface area contributed by atoms with Gasteiger partial charge in [-0.3, -0.25) is 4.79 Å². The quantitative estimate of drug-likeness (QED) is 0.751. The fourth-order valence-corrected chi connectivity index (χ4v) is 2.11. The fourth-order valence-electron chi connectivity index (χ4n) is 2.11. The van der Waals surface area contributed by atoms with Crippen molar-refractivity contribution in [3.8, 4) is 0 Å². The van der Waals surface area contributed by atoms with Crippen molar-refractivity contribution in [1.29, 1.82) is 0 Å². The number of hydrogen-bond acceptors (Lipinski definition) is 5. The number of rotatable bonds is 4. The minimum Gasteiger partial charge on any atom is -0.339 e. The van der Waals surface area contributed by atoms with Crippen molar-refractivity contribution in [2.75, 3.05) is 20.1 Å². The van der Waals surface area contributed by atoms with Crippen LogP contribution < -0.4 is 0 Å². The van der Waals surface area contributed by atoms with Gasteiger partial charge in [0.05, 0.1) is 6.42 Å². The van der Waals surface area contributed by atoms with Crippen LogP contribution in [-0.4, -0.2) is 41.0 Å². The summed E-state index contributed by atoms with van der Waals surface area (Å²) < 4.78 is 5.13. The maximum atomic E-state index is 10.9. The van der Waals surface area contributed by atoms with E-state index in [-0.39, 0.29) is 12.2 Å². The second-order valence-electron chi connectivity index (χ2n) is 4.60. The Morgan fingerprint density at radius 1 is 1.62 bits per heavy atom. The van der Waals surface area contributed by atoms with Gasteiger partial charge in [0, 0.05) is 13.0 Å². The van der Waals surface area contributed by atoms with E-state index in [0.29, 0.717) is 17.6 Å². The van der Waals surface area contributed by atoms with Gasteiger partial charge in [0.1, 0.15) is 5.78 Å². The van der Waals surface area contributed by atoms with Crippen molar-refractivity contribution in [3.63, 3.8) is 0 Å². The first-order valence-electron chi connectivity index (χ1n) is 5.63. The molecule has 0 saturated carbocycles. The SMILES string of the molecule is CC(=O)Cc1noc(CC2CCN(C)C2)n1. The third kappa shape index (κ3) is 2.88. The molecule has 0 amide bonds. The minimum absolute atomic E-state index is 0.0629. The van der Waals surface area contributed by atoms with E-state index in [1.165, 1.54) is 13.3 Å². The number of aromatic nitrogens is 2. The van der Waals surface area contributed by atoms with Crippen molar-refractivity contribution in [1.82, 2.24) is 15.0 Å². The summed E-state index contributed by atoms with van der Waals surface area (Å²) in [5, 5.41) is 3.80. The second kappa shape index (κ2) is 4.74. The fraction of sp³-hybridized carbons (Fsp3) is 0.727. The van der Waals surface area contributed by atoms with Gasteiger partial charge in [-0.1, -0.05) is 5.16 Å². The maximum absolute atomic E-state index is 10.9. The zero-order chi connectivity index (χ0) is 11.5. The van der Waals surface area contributed by atoms with Gasteiger partial charge in [0.25, 0.3) is 0 Å². The molecule has 2 heterocycles. The van der Waals surface area contributed by atoms with Crippen LogP contribution in [0.5, 0.6) is 0 Å². The van der Waals surface area contributed by atoms with Gasteiger partial charge in [-0.05, 0) is 32.9 Å². The molecule has 0 bridgehead atoms. The number of nitrogens with zero attached hydrogens (tertiary/aromatic N) is 3. The molecule has 1 aromatic heterocycles. The molecule has 1 saturated heterocycles. The Morgan fingerprint density at radius 3 is 3.06 bits per heavy atom. The minimum atomic E-state index is 0.0629. The van der Waals surface area contributed by atoms with E-state index in [1.54, 1.807) is 0 Å². The van der Waals surface area contributed by atoms with Crippen LogP contribution in [0.1, 0.15) is 25.1 Å². The zero-order valence-electron chi connectivity index (χ0n) is 9.77. The van der Waals surface area contributed by atoms with E-state index in [2.05, 4.69) is 22.1 Å². The van der Waals surface area contributed by atoms with Gasteiger partial charge in [0.15, 0.2) is 5.82 Å². The van der Waals surface area contributed by atoms with Crippen LogP contribution in [0.2, 0.25) is 0 Å². The van der Waals surface area contributed by atoms with E-state index >= 15 is 0 Å². The highest BCUT2D eigenvalue weighted by molar-refractivity contribution is 5.77. The molecule has 0 aliphatic carbocycles. The second-order valence-corrected chi connectivity index (χ2v) is 4.60. The van der Waals surface area contributed by atoms with E-state index in [1.807, 2.05) is 0 Å². The summed E-state index contributed by atoms with van der Waals surface area (Å²) >= 11 is 0. The molecule has 0 aromatic carbocycles. The zero-order valence-corrected chi connectivity index (χ0v) is 9.77. The molecule has 2 rings (SSSR count). The van der Waals surface area contributed by atoms with Gasteiger partial charge < -0.3 is 9.42 Å². The lowest BCUT2D eigenvalue weighted by Gasteiger charge is -2.06. The Balaban J connectivity index is 1.90. The van der Waals surface area contributed by atoms with Crippen LogP contribution >= 0.6 is 0 Å². The first-order valence-corrected chi connectivity index (χ1v) is 5.63. The normalized spacial score (nSPS) is 21.5. The summed E-state index contributed by atoms with van der Waals surface area (Å²) in [7, 11) is 2.12. The number of hydrogen-bond donors (Lipinski definition) is 0. The number of likely N-dealkylation sites (tertiary alicyclic amines) is 1. The molecule has 0 radical (unpaired) electrons. The molecule has 16 heavy (non-hydrogen) atoms. The highest BCUT2D eigenvalue weighted by atomic mass is 16.5. The van der Waals surface area contributed by atoms with Crippen LogP contribution in [0.25, 0.3) is 0 Å². The van der Waals surface area contributed by atoms with E-state index in [0.717, 1.165) is 19.5 Å². The van der Waals surface area contributed by atoms with Crippen LogP contribution in [0.3, 0.4) is 0 Å². The van der Waals surface area contributed by atoms with Crippen molar-refractivity contribution >= 4 is 5.78 Å². The Bertz CT molecular complexity index is 375. The molecular formula is C11H17N3O2. The Hall–Kier alpha value is -1.23. The summed E-state index contributed by atoms with van der Waals surface area (Å²) in [6, 6.07) is 0. The van der Waals surface area contributed by atoms with Crippen molar-refractivity contribution < 1.29 is 9.32 Å². The molecule has 1 fully saturated rings. The van der Waals surface area contributed by atoms with Crippen molar-refractivity contribution in [2.24, 2.45) is 5.92 Å². The van der Waals surface area contributed by atoms with Crippen LogP contribution in [-0.2, 0) is 17.6 Å². The molecule has 5 heteroatoms. The number of carbonyl (C=O) groups excluding carboxylic acids is 1. The summed E-state index contributed by atoms with van der Waals surface area (Å²) in [6.07, 6.45) is 2.28. The Kier molecular flexibility index (Phi) is 3.33. The molecule has 1 aliphatic rings. The predicted molar refractivity (Wildman–Crippen MR) is 58.0 cm³/mol. The first kappa shape index (κ1) is 11.3. The van der Waals surface area contributed by atoms with Gasteiger partial charge in [0.2, 0.25) is 5.89 Å². The summed E-state index contributed by atoms with van der Waals surface area (Å²) in [4.78, 5) is 17.4. The molecule has 1 aliphatic heterocycles. The summed E-state index contributed by atoms with van der Waals surface area (Å²) in [5.41, 5.74) is 0. The van der Waals surface area contributed by atoms with Crippen molar-refractivity contribution in [2.45, 2.75) is 26.2 Å². The van der Waals surface area contributed by atoms with Gasteiger partial charge >= 0.3 is 0 Å². The average Bonchev–Trinajstić information content (AvgIpc) is 2.76. The summed E-state index contributed by atoms with van der Waals surface area (Å²) in [6.45, 7) is 3.76. The third-order valence-electron chi connectivity index (χ3n) is 2.87. The van der Waals surface area contributed by atoms with E-state index in [4.69, 9.17) is 4.52 Å². The molecule has 0 N–H and O–H groups in total. The number of ketones is 1. The molecule has 0 spiro atoms. The Morgan fingerprint density at radius 2 is 2.44 bits per heavy atom.